The van der Waals surface area contributed by atoms with Crippen LogP contribution >= 0.6 is 0 Å². The van der Waals surface area contributed by atoms with Gasteiger partial charge < -0.3 is 0 Å². The Labute approximate surface area is 82.5 Å². The van der Waals surface area contributed by atoms with Gasteiger partial charge in [0.25, 0.3) is 0 Å². The summed E-state index contributed by atoms with van der Waals surface area (Å²) >= 11 is 0. The normalized spacial score (nSPS) is 39.8. The number of aliphatic hydroxyl groups excluding tert-OH is 1. The molecule has 71 valence electrons. The van der Waals surface area contributed by atoms with Crippen LogP contribution in [-0.4, -0.2) is 55.1 Å². The summed E-state index contributed by atoms with van der Waals surface area (Å²) in [5.41, 5.74) is 0.0573. The van der Waals surface area contributed by atoms with Gasteiger partial charge in [-0.2, -0.15) is 0 Å². The summed E-state index contributed by atoms with van der Waals surface area (Å²) in [5.74, 6) is 0.138. The second-order valence-corrected chi connectivity index (χ2v) is 4.42. The first-order valence-corrected chi connectivity index (χ1v) is 4.83. The van der Waals surface area contributed by atoms with Gasteiger partial charge in [0.1, 0.15) is 0 Å². The molecule has 2 nitrogen and oxygen atoms in total. The van der Waals surface area contributed by atoms with Crippen molar-refractivity contribution in [1.29, 1.82) is 0 Å². The van der Waals surface area contributed by atoms with E-state index in [9.17, 15) is 5.11 Å². The van der Waals surface area contributed by atoms with Crippen molar-refractivity contribution in [1.82, 2.24) is 4.90 Å². The van der Waals surface area contributed by atoms with E-state index >= 15 is 0 Å². The van der Waals surface area contributed by atoms with E-state index in [1.54, 1.807) is 6.92 Å². The van der Waals surface area contributed by atoms with E-state index in [2.05, 4.69) is 39.2 Å². The molecular formula is C9H18B2NO. The molecule has 13 heavy (non-hydrogen) atoms. The van der Waals surface area contributed by atoms with Crippen LogP contribution in [0.2, 0.25) is 0 Å². The van der Waals surface area contributed by atoms with Crippen LogP contribution in [0.4, 0.5) is 0 Å². The number of nitrogens with zero attached hydrogens (tertiary/aromatic N) is 1. The van der Waals surface area contributed by atoms with Gasteiger partial charge in [-0.25, -0.2) is 0 Å². The molecular weight excluding hydrogens is 160 g/mol. The Hall–Kier alpha value is -0.0801. The van der Waals surface area contributed by atoms with Gasteiger partial charge in [0.15, 0.2) is 0 Å². The minimum atomic E-state index is -0.490. The molecule has 1 saturated heterocycles. The van der Waals surface area contributed by atoms with E-state index in [-0.39, 0.29) is 5.44 Å². The van der Waals surface area contributed by atoms with Crippen LogP contribution in [0, 0.1) is 5.92 Å². The number of hydrogen-bond acceptors (Lipinski definition) is 2. The average Bonchev–Trinajstić information content (AvgIpc) is 2.53. The summed E-state index contributed by atoms with van der Waals surface area (Å²) in [5, 5.41) is 9.45. The molecule has 4 atom stereocenters. The molecule has 4 heteroatoms. The topological polar surface area (TPSA) is 23.2 Å². The maximum atomic E-state index is 9.45. The number of likely N-dealkylation sites (N-methyl/N-ethyl adjacent to an activating group) is 1. The number of aliphatic hydroxyl groups is 1. The van der Waals surface area contributed by atoms with Gasteiger partial charge in [-0.05, 0) is 0 Å². The van der Waals surface area contributed by atoms with Gasteiger partial charge in [0.05, 0.1) is 0 Å². The Balaban J connectivity index is 2.55. The molecule has 0 spiro atoms. The Morgan fingerprint density at radius 3 is 2.38 bits per heavy atom. The van der Waals surface area contributed by atoms with Crippen LogP contribution in [0.5, 0.6) is 0 Å². The first kappa shape index (κ1) is 11.0. The van der Waals surface area contributed by atoms with Gasteiger partial charge in [0, 0.05) is 0 Å². The number of hydrogen-bond donors (Lipinski definition) is 1. The van der Waals surface area contributed by atoms with Crippen LogP contribution in [0.25, 0.3) is 0 Å². The fraction of sp³-hybridized carbons (Fsp3) is 0.889. The van der Waals surface area contributed by atoms with Crippen molar-refractivity contribution in [3.05, 3.63) is 0 Å². The third-order valence-electron chi connectivity index (χ3n) is 3.09. The summed E-state index contributed by atoms with van der Waals surface area (Å²) in [6.45, 7) is 11.7. The molecule has 0 aromatic rings. The second kappa shape index (κ2) is 3.58. The Morgan fingerprint density at radius 1 is 1.54 bits per heavy atom. The van der Waals surface area contributed by atoms with Crippen LogP contribution in [0.15, 0.2) is 0 Å². The molecule has 4 unspecified atom stereocenters. The third-order valence-corrected chi connectivity index (χ3v) is 3.09. The number of rotatable bonds is 4. The Bertz CT molecular complexity index is 210. The molecule has 1 radical (unpaired) electrons. The van der Waals surface area contributed by atoms with Gasteiger partial charge >= 0.3 is 81.8 Å². The van der Waals surface area contributed by atoms with Crippen molar-refractivity contribution >= 4 is 20.7 Å². The molecule has 1 heterocycles. The van der Waals surface area contributed by atoms with E-state index in [4.69, 9.17) is 0 Å². The van der Waals surface area contributed by atoms with E-state index in [0.717, 1.165) is 0 Å². The zero-order chi connectivity index (χ0) is 10.2. The third kappa shape index (κ3) is 1.89. The van der Waals surface area contributed by atoms with Crippen molar-refractivity contribution < 1.29 is 5.11 Å². The zero-order valence-electron chi connectivity index (χ0n) is 8.99. The first-order chi connectivity index (χ1) is 5.93. The van der Waals surface area contributed by atoms with Gasteiger partial charge in [-0.15, -0.1) is 0 Å². The average molecular weight is 178 g/mol. The maximum absolute atomic E-state index is 9.45. The van der Waals surface area contributed by atoms with Crippen molar-refractivity contribution in [2.45, 2.75) is 38.2 Å². The fourth-order valence-electron chi connectivity index (χ4n) is 2.35. The molecule has 0 aromatic heterocycles. The standard InChI is InChI=1S/C9H18B2NO/c1-6(2)7-9(3,12(7)5)11-8(13)10-4/h6-8,13H,4H2,1-3,5H3. The predicted octanol–water partition coefficient (Wildman–Crippen LogP) is -0.211. The van der Waals surface area contributed by atoms with Gasteiger partial charge in [0.2, 0.25) is 0 Å². The monoisotopic (exact) mass is 178 g/mol. The molecule has 1 fully saturated rings. The molecule has 0 aromatic carbocycles. The first-order valence-electron chi connectivity index (χ1n) is 4.83. The van der Waals surface area contributed by atoms with Crippen molar-refractivity contribution in [3.63, 3.8) is 0 Å². The molecule has 0 aliphatic carbocycles. The minimum absolute atomic E-state index is 0.0573. The van der Waals surface area contributed by atoms with Crippen molar-refractivity contribution in [2.75, 3.05) is 7.05 Å². The summed E-state index contributed by atoms with van der Waals surface area (Å²) in [7, 11) is 4.06. The molecule has 0 amide bonds. The van der Waals surface area contributed by atoms with Gasteiger partial charge in [-0.1, -0.05) is 0 Å². The van der Waals surface area contributed by atoms with E-state index < -0.39 is 5.90 Å². The zero-order valence-corrected chi connectivity index (χ0v) is 8.99. The van der Waals surface area contributed by atoms with Crippen molar-refractivity contribution in [2.24, 2.45) is 5.92 Å². The fourth-order valence-corrected chi connectivity index (χ4v) is 2.35. The molecule has 1 N–H and O–H groups in total. The quantitative estimate of drug-likeness (QED) is 0.475. The summed E-state index contributed by atoms with van der Waals surface area (Å²) in [4.78, 5) is 2.28. The Kier molecular flexibility index (Phi) is 3.03. The van der Waals surface area contributed by atoms with E-state index in [1.165, 1.54) is 0 Å². The SMILES string of the molecule is C=BC(O)[B]C1(C)C(C(C)C)N1C. The molecule has 0 saturated carbocycles. The second-order valence-electron chi connectivity index (χ2n) is 4.42. The van der Waals surface area contributed by atoms with Crippen molar-refractivity contribution in [3.8, 4) is 0 Å². The molecule has 1 aliphatic rings. The molecule has 0 bridgehead atoms. The van der Waals surface area contributed by atoms with Crippen LogP contribution in [0.1, 0.15) is 20.8 Å². The molecule has 1 aliphatic heterocycles. The van der Waals surface area contributed by atoms with Crippen LogP contribution < -0.4 is 0 Å². The molecule has 1 rings (SSSR count). The van der Waals surface area contributed by atoms with E-state index in [0.29, 0.717) is 12.0 Å². The summed E-state index contributed by atoms with van der Waals surface area (Å²) < 4.78 is 0. The van der Waals surface area contributed by atoms with Crippen LogP contribution in [-0.2, 0) is 0 Å². The van der Waals surface area contributed by atoms with Gasteiger partial charge in [-0.3, -0.25) is 0 Å². The Morgan fingerprint density at radius 2 is 2.08 bits per heavy atom. The summed E-state index contributed by atoms with van der Waals surface area (Å²) in [6, 6.07) is 0.557. The predicted molar refractivity (Wildman–Crippen MR) is 59.4 cm³/mol. The summed E-state index contributed by atoms with van der Waals surface area (Å²) in [6.07, 6.45) is 0. The van der Waals surface area contributed by atoms with E-state index in [1.807, 2.05) is 7.28 Å². The van der Waals surface area contributed by atoms with Crippen LogP contribution in [0.3, 0.4) is 0 Å².